The second kappa shape index (κ2) is 33.0. The Morgan fingerprint density at radius 1 is 1.17 bits per heavy atom. The van der Waals surface area contributed by atoms with Crippen LogP contribution in [0.4, 0.5) is 9.05 Å². The third kappa shape index (κ3) is 56.0. The van der Waals surface area contributed by atoms with Crippen molar-refractivity contribution in [3.8, 4) is 0 Å². The molecule has 0 aromatic heterocycles. The Labute approximate surface area is 64.6 Å². The molecule has 0 fully saturated rings. The Morgan fingerprint density at radius 2 is 1.17 bits per heavy atom. The number of hydrogen-bond acceptors (Lipinski definition) is 1. The van der Waals surface area contributed by atoms with Gasteiger partial charge in [-0.3, -0.25) is 0 Å². The van der Waals surface area contributed by atoms with Crippen LogP contribution in [0, 0.1) is 0 Å². The average Bonchev–Trinajstić information content (AvgIpc) is 0.918. The second-order valence-corrected chi connectivity index (χ2v) is 0.0583. The zero-order valence-electron chi connectivity index (χ0n) is 2.19. The molecule has 0 rings (SSSR count). The van der Waals surface area contributed by atoms with Gasteiger partial charge in [-0.05, 0) is 9.05 Å². The van der Waals surface area contributed by atoms with Crippen molar-refractivity contribution in [3.63, 3.8) is 0 Å². The number of hydrogen-bond donors (Lipinski definition) is 0. The van der Waals surface area contributed by atoms with Crippen molar-refractivity contribution in [2.45, 2.75) is 0 Å². The van der Waals surface area contributed by atoms with Gasteiger partial charge in [0.05, 0.1) is 0 Å². The van der Waals surface area contributed by atoms with Gasteiger partial charge in [0.2, 0.25) is 0 Å². The Kier molecular flexibility index (Phi) is 146. The first-order valence-corrected chi connectivity index (χ1v) is 0.309. The summed E-state index contributed by atoms with van der Waals surface area (Å²) in [6.07, 6.45) is 0. The van der Waals surface area contributed by atoms with E-state index in [0.717, 1.165) is 0 Å². The molecule has 0 bridgehead atoms. The van der Waals surface area contributed by atoms with E-state index in [1.807, 2.05) is 0 Å². The zero-order valence-corrected chi connectivity index (χ0v) is 5.40. The van der Waals surface area contributed by atoms with Gasteiger partial charge in [-0.2, -0.15) is 0 Å². The Morgan fingerprint density at radius 3 is 1.17 bits per heavy atom. The van der Waals surface area contributed by atoms with Crippen molar-refractivity contribution >= 4 is 0 Å². The fourth-order valence-electron chi connectivity index (χ4n) is 0. The van der Waals surface area contributed by atoms with Crippen molar-refractivity contribution in [1.29, 1.82) is 0 Å². The maximum atomic E-state index is 9.12. The molecule has 0 heterocycles. The van der Waals surface area contributed by atoms with Crippen LogP contribution in [0.3, 0.4) is 0 Å². The molecule has 6 heteroatoms. The Balaban J connectivity index is -0.00000000667. The standard InChI is InChI=1S/Co.F2O.Mn.Ni/c;1-3-2;;. The first kappa shape index (κ1) is 26.4. The molecule has 0 amide bonds. The van der Waals surface area contributed by atoms with E-state index in [0.29, 0.717) is 0 Å². The Bertz CT molecular complexity index is 13.5. The van der Waals surface area contributed by atoms with Crippen molar-refractivity contribution in [1.82, 2.24) is 0 Å². The predicted molar refractivity (Wildman–Crippen MR) is 3.30 cm³/mol. The van der Waals surface area contributed by atoms with Crippen LogP contribution in [0.25, 0.3) is 0 Å². The van der Waals surface area contributed by atoms with Gasteiger partial charge in [0.25, 0.3) is 0 Å². The molecule has 6 heavy (non-hydrogen) atoms. The first-order chi connectivity index (χ1) is 1.41. The topological polar surface area (TPSA) is 9.23 Å². The quantitative estimate of drug-likeness (QED) is 0.555. The second-order valence-electron chi connectivity index (χ2n) is 0.0583. The summed E-state index contributed by atoms with van der Waals surface area (Å²) < 4.78 is 18.2. The molecule has 0 saturated heterocycles. The van der Waals surface area contributed by atoms with Crippen LogP contribution in [-0.2, 0) is 55.5 Å². The van der Waals surface area contributed by atoms with E-state index in [4.69, 9.17) is 9.05 Å². The summed E-state index contributed by atoms with van der Waals surface area (Å²) in [5.41, 5.74) is 0. The minimum Gasteiger partial charge on any atom is -0.0104 e. The van der Waals surface area contributed by atoms with Gasteiger partial charge < -0.3 is 0 Å². The third-order valence-electron chi connectivity index (χ3n) is 0. The van der Waals surface area contributed by atoms with Crippen LogP contribution in [0.1, 0.15) is 0 Å². The molecule has 0 saturated carbocycles. The van der Waals surface area contributed by atoms with Crippen LogP contribution in [0.2, 0.25) is 0 Å². The van der Waals surface area contributed by atoms with E-state index in [2.05, 4.69) is 0 Å². The van der Waals surface area contributed by atoms with Crippen LogP contribution in [0.5, 0.6) is 0 Å². The molecule has 0 aromatic carbocycles. The molecule has 1 nitrogen and oxygen atoms in total. The maximum absolute atomic E-state index is 9.12. The fourth-order valence-corrected chi connectivity index (χ4v) is 0. The fraction of sp³-hybridized carbons (Fsp3) is 0. The van der Waals surface area contributed by atoms with E-state index in [-0.39, 0.29) is 50.3 Å². The molecule has 46 valence electrons. The van der Waals surface area contributed by atoms with Gasteiger partial charge in [0.15, 0.2) is 0 Å². The molecule has 0 atom stereocenters. The van der Waals surface area contributed by atoms with Crippen LogP contribution < -0.4 is 0 Å². The van der Waals surface area contributed by atoms with Gasteiger partial charge in [-0.25, -0.2) is 0 Å². The Hall–Kier alpha value is 1.34. The van der Waals surface area contributed by atoms with Gasteiger partial charge >= 0.3 is 0 Å². The zero-order chi connectivity index (χ0) is 2.71. The summed E-state index contributed by atoms with van der Waals surface area (Å²) in [4.78, 5) is 0. The molecular formula is CoF2MnNiO. The number of rotatable bonds is 0. The molecule has 0 aliphatic rings. The minimum absolute atomic E-state index is 0. The predicted octanol–water partition coefficient (Wildman–Crippen LogP) is 0.765. The molecule has 0 unspecified atom stereocenters. The summed E-state index contributed by atoms with van der Waals surface area (Å²) in [6, 6.07) is 0. The summed E-state index contributed by atoms with van der Waals surface area (Å²) in [6.45, 7) is 0. The molecule has 0 N–H and O–H groups in total. The summed E-state index contributed by atoms with van der Waals surface area (Å²) in [5, 5.41) is 1.25. The summed E-state index contributed by atoms with van der Waals surface area (Å²) in [7, 11) is 0. The van der Waals surface area contributed by atoms with E-state index in [1.54, 1.807) is 0 Å². The third-order valence-corrected chi connectivity index (χ3v) is 0. The SMILES string of the molecule is FOF.[Co].[Mn].[Ni]. The van der Waals surface area contributed by atoms with Crippen LogP contribution >= 0.6 is 0 Å². The van der Waals surface area contributed by atoms with Crippen molar-refractivity contribution in [3.05, 3.63) is 0 Å². The average molecular weight is 227 g/mol. The number of halogens is 2. The van der Waals surface area contributed by atoms with E-state index >= 15 is 0 Å². The van der Waals surface area contributed by atoms with Crippen molar-refractivity contribution < 1.29 is 64.5 Å². The normalized spacial score (nSPS) is 3.00. The molecular weight excluding hydrogens is 227 g/mol. The summed E-state index contributed by atoms with van der Waals surface area (Å²) in [5.74, 6) is 0. The van der Waals surface area contributed by atoms with Gasteiger partial charge in [0, 0.05) is 55.5 Å². The van der Waals surface area contributed by atoms with Crippen LogP contribution in [-0.4, -0.2) is 0 Å². The van der Waals surface area contributed by atoms with Gasteiger partial charge in [0.1, 0.15) is 0 Å². The molecule has 0 aliphatic carbocycles. The maximum Gasteiger partial charge on any atom is 0.0209 e. The monoisotopic (exact) mass is 226 g/mol. The first-order valence-electron chi connectivity index (χ1n) is 0.309. The van der Waals surface area contributed by atoms with Crippen LogP contribution in [0.15, 0.2) is 0 Å². The van der Waals surface area contributed by atoms with Gasteiger partial charge in [-0.15, -0.1) is 0 Å². The van der Waals surface area contributed by atoms with Gasteiger partial charge in [-0.1, -0.05) is 0 Å². The molecule has 2 radical (unpaired) electrons. The smallest absolute Gasteiger partial charge is 0.0104 e. The largest absolute Gasteiger partial charge is 0.0209 e. The molecule has 0 aliphatic heterocycles. The molecule has 0 aromatic rings. The van der Waals surface area contributed by atoms with E-state index in [9.17, 15) is 0 Å². The van der Waals surface area contributed by atoms with E-state index < -0.39 is 0 Å². The van der Waals surface area contributed by atoms with Crippen molar-refractivity contribution in [2.75, 3.05) is 0 Å². The summed E-state index contributed by atoms with van der Waals surface area (Å²) >= 11 is 0. The molecule has 0 spiro atoms. The van der Waals surface area contributed by atoms with Crippen molar-refractivity contribution in [2.24, 2.45) is 0 Å². The van der Waals surface area contributed by atoms with E-state index in [1.165, 1.54) is 5.15 Å². The minimum atomic E-state index is 0.